The number of anilines is 1. The van der Waals surface area contributed by atoms with Crippen molar-refractivity contribution in [2.75, 3.05) is 5.32 Å². The van der Waals surface area contributed by atoms with E-state index in [1.54, 1.807) is 38.1 Å². The van der Waals surface area contributed by atoms with Gasteiger partial charge in [-0.2, -0.15) is 0 Å². The first-order chi connectivity index (χ1) is 9.32. The van der Waals surface area contributed by atoms with Crippen LogP contribution < -0.4 is 5.32 Å². The summed E-state index contributed by atoms with van der Waals surface area (Å²) in [6.07, 6.45) is 2.78. The SMILES string of the molecule is CCC1(C(=O)Nc2ccc(C(C)(C)C(=O)O)cc2)CC1. The Hall–Kier alpha value is -1.84. The minimum atomic E-state index is -0.927. The third kappa shape index (κ3) is 2.55. The molecule has 1 amide bonds. The maximum atomic E-state index is 12.1. The molecule has 0 atom stereocenters. The number of carbonyl (C=O) groups excluding carboxylic acids is 1. The minimum absolute atomic E-state index is 0.0743. The van der Waals surface area contributed by atoms with Crippen molar-refractivity contribution in [3.05, 3.63) is 29.8 Å². The lowest BCUT2D eigenvalue weighted by Gasteiger charge is -2.20. The molecule has 0 radical (unpaired) electrons. The van der Waals surface area contributed by atoms with Crippen LogP contribution in [0.1, 0.15) is 45.6 Å². The predicted octanol–water partition coefficient (Wildman–Crippen LogP) is 3.18. The van der Waals surface area contributed by atoms with E-state index in [1.165, 1.54) is 0 Å². The fourth-order valence-electron chi connectivity index (χ4n) is 2.25. The molecule has 2 N–H and O–H groups in total. The Morgan fingerprint density at radius 1 is 1.25 bits per heavy atom. The zero-order valence-electron chi connectivity index (χ0n) is 12.2. The number of aliphatic carboxylic acids is 1. The Bertz CT molecular complexity index is 527. The molecular weight excluding hydrogens is 254 g/mol. The first-order valence-corrected chi connectivity index (χ1v) is 6.97. The van der Waals surface area contributed by atoms with E-state index in [0.717, 1.165) is 30.5 Å². The summed E-state index contributed by atoms with van der Waals surface area (Å²) in [6, 6.07) is 7.05. The van der Waals surface area contributed by atoms with Gasteiger partial charge in [0, 0.05) is 11.1 Å². The smallest absolute Gasteiger partial charge is 0.313 e. The highest BCUT2D eigenvalue weighted by Gasteiger charge is 2.47. The second-order valence-electron chi connectivity index (χ2n) is 6.10. The Morgan fingerprint density at radius 3 is 2.20 bits per heavy atom. The van der Waals surface area contributed by atoms with Gasteiger partial charge < -0.3 is 10.4 Å². The van der Waals surface area contributed by atoms with Crippen LogP contribution in [0.3, 0.4) is 0 Å². The van der Waals surface area contributed by atoms with E-state index in [2.05, 4.69) is 5.32 Å². The fourth-order valence-corrected chi connectivity index (χ4v) is 2.25. The Balaban J connectivity index is 2.09. The molecule has 0 bridgehead atoms. The number of benzene rings is 1. The zero-order chi connectivity index (χ0) is 15.0. The second-order valence-corrected chi connectivity index (χ2v) is 6.10. The van der Waals surface area contributed by atoms with Crippen LogP contribution >= 0.6 is 0 Å². The highest BCUT2D eigenvalue weighted by Crippen LogP contribution is 2.49. The van der Waals surface area contributed by atoms with E-state index >= 15 is 0 Å². The van der Waals surface area contributed by atoms with E-state index < -0.39 is 11.4 Å². The van der Waals surface area contributed by atoms with Crippen molar-refractivity contribution in [2.45, 2.75) is 45.4 Å². The van der Waals surface area contributed by atoms with Gasteiger partial charge in [-0.1, -0.05) is 19.1 Å². The molecule has 4 nitrogen and oxygen atoms in total. The van der Waals surface area contributed by atoms with Crippen molar-refractivity contribution in [2.24, 2.45) is 5.41 Å². The molecule has 0 spiro atoms. The van der Waals surface area contributed by atoms with Crippen molar-refractivity contribution >= 4 is 17.6 Å². The third-order valence-electron chi connectivity index (χ3n) is 4.41. The summed E-state index contributed by atoms with van der Waals surface area (Å²) in [5.41, 5.74) is 0.349. The number of nitrogens with one attached hydrogen (secondary N) is 1. The van der Waals surface area contributed by atoms with Crippen LogP contribution in [0.15, 0.2) is 24.3 Å². The van der Waals surface area contributed by atoms with Crippen LogP contribution in [-0.2, 0) is 15.0 Å². The lowest BCUT2D eigenvalue weighted by molar-refractivity contribution is -0.142. The van der Waals surface area contributed by atoms with Crippen LogP contribution in [0, 0.1) is 5.41 Å². The molecule has 1 aromatic carbocycles. The molecule has 0 unspecified atom stereocenters. The standard InChI is InChI=1S/C16H21NO3/c1-4-16(9-10-16)13(18)17-12-7-5-11(6-8-12)15(2,3)14(19)20/h5-8H,4,9-10H2,1-3H3,(H,17,18)(H,19,20). The highest BCUT2D eigenvalue weighted by molar-refractivity contribution is 5.97. The van der Waals surface area contributed by atoms with Gasteiger partial charge in [-0.3, -0.25) is 9.59 Å². The first kappa shape index (κ1) is 14.6. The summed E-state index contributed by atoms with van der Waals surface area (Å²) >= 11 is 0. The van der Waals surface area contributed by atoms with Crippen molar-refractivity contribution in [3.63, 3.8) is 0 Å². The molecule has 20 heavy (non-hydrogen) atoms. The van der Waals surface area contributed by atoms with Gasteiger partial charge in [0.05, 0.1) is 5.41 Å². The van der Waals surface area contributed by atoms with Crippen molar-refractivity contribution in [1.29, 1.82) is 0 Å². The fraction of sp³-hybridized carbons (Fsp3) is 0.500. The van der Waals surface area contributed by atoms with Gasteiger partial charge in [0.15, 0.2) is 0 Å². The molecule has 0 aromatic heterocycles. The number of rotatable bonds is 5. The van der Waals surface area contributed by atoms with E-state index in [1.807, 2.05) is 6.92 Å². The largest absolute Gasteiger partial charge is 0.481 e. The Morgan fingerprint density at radius 2 is 1.80 bits per heavy atom. The van der Waals surface area contributed by atoms with Gasteiger partial charge in [-0.15, -0.1) is 0 Å². The summed E-state index contributed by atoms with van der Waals surface area (Å²) in [4.78, 5) is 23.3. The zero-order valence-corrected chi connectivity index (χ0v) is 12.2. The molecule has 1 aromatic rings. The lowest BCUT2D eigenvalue weighted by atomic mass is 9.85. The number of carboxylic acids is 1. The van der Waals surface area contributed by atoms with Crippen molar-refractivity contribution in [3.8, 4) is 0 Å². The molecular formula is C16H21NO3. The number of carboxylic acid groups (broad SMARTS) is 1. The summed E-state index contributed by atoms with van der Waals surface area (Å²) in [5.74, 6) is -0.789. The van der Waals surface area contributed by atoms with Crippen LogP contribution in [0.2, 0.25) is 0 Å². The third-order valence-corrected chi connectivity index (χ3v) is 4.41. The quantitative estimate of drug-likeness (QED) is 0.867. The maximum Gasteiger partial charge on any atom is 0.313 e. The van der Waals surface area contributed by atoms with Crippen molar-refractivity contribution < 1.29 is 14.7 Å². The van der Waals surface area contributed by atoms with E-state index in [-0.39, 0.29) is 11.3 Å². The molecule has 2 rings (SSSR count). The second kappa shape index (κ2) is 4.93. The highest BCUT2D eigenvalue weighted by atomic mass is 16.4. The van der Waals surface area contributed by atoms with E-state index in [4.69, 9.17) is 0 Å². The summed E-state index contributed by atoms with van der Waals surface area (Å²) in [6.45, 7) is 5.36. The summed E-state index contributed by atoms with van der Waals surface area (Å²) < 4.78 is 0. The predicted molar refractivity (Wildman–Crippen MR) is 77.7 cm³/mol. The Kier molecular flexibility index (Phi) is 3.59. The molecule has 0 aliphatic heterocycles. The molecule has 4 heteroatoms. The van der Waals surface area contributed by atoms with Crippen molar-refractivity contribution in [1.82, 2.24) is 0 Å². The molecule has 1 fully saturated rings. The molecule has 1 saturated carbocycles. The van der Waals surface area contributed by atoms with Crippen LogP contribution in [-0.4, -0.2) is 17.0 Å². The van der Waals surface area contributed by atoms with Gasteiger partial charge in [-0.25, -0.2) is 0 Å². The van der Waals surface area contributed by atoms with E-state index in [0.29, 0.717) is 0 Å². The molecule has 0 saturated heterocycles. The number of amides is 1. The average Bonchev–Trinajstić information content (AvgIpc) is 3.20. The number of hydrogen-bond acceptors (Lipinski definition) is 2. The number of hydrogen-bond donors (Lipinski definition) is 2. The first-order valence-electron chi connectivity index (χ1n) is 6.97. The summed E-state index contributed by atoms with van der Waals surface area (Å²) in [7, 11) is 0. The summed E-state index contributed by atoms with van der Waals surface area (Å²) in [5, 5.41) is 12.1. The molecule has 1 aliphatic carbocycles. The molecule has 1 aliphatic rings. The van der Waals surface area contributed by atoms with Crippen LogP contribution in [0.4, 0.5) is 5.69 Å². The average molecular weight is 275 g/mol. The van der Waals surface area contributed by atoms with Gasteiger partial charge >= 0.3 is 5.97 Å². The van der Waals surface area contributed by atoms with E-state index in [9.17, 15) is 14.7 Å². The topological polar surface area (TPSA) is 66.4 Å². The van der Waals surface area contributed by atoms with Crippen LogP contribution in [0.5, 0.6) is 0 Å². The maximum absolute atomic E-state index is 12.1. The van der Waals surface area contributed by atoms with Gasteiger partial charge in [0.2, 0.25) is 5.91 Å². The Labute approximate surface area is 119 Å². The van der Waals surface area contributed by atoms with Crippen LogP contribution in [0.25, 0.3) is 0 Å². The van der Waals surface area contributed by atoms with Gasteiger partial charge in [0.1, 0.15) is 0 Å². The molecule has 0 heterocycles. The van der Waals surface area contributed by atoms with Gasteiger partial charge in [-0.05, 0) is 50.8 Å². The lowest BCUT2D eigenvalue weighted by Crippen LogP contribution is -2.28. The minimum Gasteiger partial charge on any atom is -0.481 e. The van der Waals surface area contributed by atoms with Gasteiger partial charge in [0.25, 0.3) is 0 Å². The normalized spacial score (nSPS) is 16.6. The monoisotopic (exact) mass is 275 g/mol. The molecule has 108 valence electrons. The number of carbonyl (C=O) groups is 2.